The zero-order valence-electron chi connectivity index (χ0n) is 17.4. The van der Waals surface area contributed by atoms with Gasteiger partial charge in [0.15, 0.2) is 0 Å². The molecule has 3 aromatic carbocycles. The molecule has 30 heavy (non-hydrogen) atoms. The van der Waals surface area contributed by atoms with Gasteiger partial charge in [-0.15, -0.1) is 0 Å². The topological polar surface area (TPSA) is 41.6 Å². The van der Waals surface area contributed by atoms with E-state index in [1.165, 1.54) is 0 Å². The van der Waals surface area contributed by atoms with Gasteiger partial charge in [0.2, 0.25) is 5.91 Å². The highest BCUT2D eigenvalue weighted by molar-refractivity contribution is 6.30. The van der Waals surface area contributed by atoms with Gasteiger partial charge in [0.25, 0.3) is 0 Å². The number of nitrogens with one attached hydrogen (secondary N) is 1. The van der Waals surface area contributed by atoms with E-state index in [4.69, 9.17) is 16.3 Å². The molecular formula is C25H25ClN2O2. The number of rotatable bonds is 4. The first-order valence-electron chi connectivity index (χ1n) is 10.1. The molecule has 0 aliphatic carbocycles. The summed E-state index contributed by atoms with van der Waals surface area (Å²) in [6.45, 7) is 3.73. The van der Waals surface area contributed by atoms with Gasteiger partial charge in [0.1, 0.15) is 5.75 Å². The third kappa shape index (κ3) is 4.01. The summed E-state index contributed by atoms with van der Waals surface area (Å²) in [6.07, 6.45) is 0.821. The molecule has 4 rings (SSSR count). The Morgan fingerprint density at radius 2 is 1.70 bits per heavy atom. The number of methoxy groups -OCH3 is 1. The Hall–Kier alpha value is -2.98. The highest BCUT2D eigenvalue weighted by atomic mass is 35.5. The van der Waals surface area contributed by atoms with Crippen LogP contribution in [0.4, 0.5) is 11.4 Å². The van der Waals surface area contributed by atoms with Crippen LogP contribution in [0.25, 0.3) is 11.1 Å². The van der Waals surface area contributed by atoms with E-state index in [2.05, 4.69) is 42.6 Å². The molecule has 0 aromatic heterocycles. The largest absolute Gasteiger partial charge is 0.497 e. The van der Waals surface area contributed by atoms with E-state index in [-0.39, 0.29) is 18.0 Å². The zero-order valence-corrected chi connectivity index (χ0v) is 18.1. The molecule has 1 N–H and O–H groups in total. The van der Waals surface area contributed by atoms with Crippen LogP contribution in [-0.4, -0.2) is 19.1 Å². The van der Waals surface area contributed by atoms with Crippen molar-refractivity contribution in [3.8, 4) is 16.9 Å². The van der Waals surface area contributed by atoms with Crippen LogP contribution < -0.4 is 15.0 Å². The number of nitrogens with zero attached hydrogens (tertiary/aromatic N) is 1. The van der Waals surface area contributed by atoms with Crippen LogP contribution >= 0.6 is 11.6 Å². The summed E-state index contributed by atoms with van der Waals surface area (Å²) in [5.74, 6) is 0.890. The van der Waals surface area contributed by atoms with E-state index in [1.54, 1.807) is 14.0 Å². The van der Waals surface area contributed by atoms with Crippen LogP contribution in [0.5, 0.6) is 5.75 Å². The van der Waals surface area contributed by atoms with Gasteiger partial charge in [-0.2, -0.15) is 0 Å². The molecule has 1 heterocycles. The lowest BCUT2D eigenvalue weighted by atomic mass is 9.89. The number of fused-ring (bicyclic) bond motifs is 1. The molecule has 154 valence electrons. The summed E-state index contributed by atoms with van der Waals surface area (Å²) in [5, 5.41) is 4.35. The fraction of sp³-hybridized carbons (Fsp3) is 0.240. The molecule has 1 aliphatic heterocycles. The molecule has 0 saturated heterocycles. The maximum Gasteiger partial charge on any atom is 0.224 e. The zero-order chi connectivity index (χ0) is 21.3. The van der Waals surface area contributed by atoms with Gasteiger partial charge in [0, 0.05) is 29.4 Å². The Kier molecular flexibility index (Phi) is 5.69. The minimum absolute atomic E-state index is 0.0610. The first-order valence-corrected chi connectivity index (χ1v) is 10.4. The molecule has 0 spiro atoms. The minimum atomic E-state index is 0.0610. The maximum atomic E-state index is 12.4. The predicted octanol–water partition coefficient (Wildman–Crippen LogP) is 6.31. The number of hydrogen-bond donors (Lipinski definition) is 1. The molecule has 0 radical (unpaired) electrons. The first kappa shape index (κ1) is 20.3. The summed E-state index contributed by atoms with van der Waals surface area (Å²) in [5.41, 5.74) is 5.31. The molecule has 1 aliphatic rings. The third-order valence-corrected chi connectivity index (χ3v) is 5.88. The Bertz CT molecular complexity index is 1050. The summed E-state index contributed by atoms with van der Waals surface area (Å²) >= 11 is 6.04. The fourth-order valence-corrected chi connectivity index (χ4v) is 4.32. The monoisotopic (exact) mass is 420 g/mol. The highest BCUT2D eigenvalue weighted by Crippen LogP contribution is 2.41. The lowest BCUT2D eigenvalue weighted by Gasteiger charge is -2.39. The van der Waals surface area contributed by atoms with Crippen LogP contribution in [-0.2, 0) is 4.79 Å². The van der Waals surface area contributed by atoms with Gasteiger partial charge in [-0.1, -0.05) is 29.8 Å². The second kappa shape index (κ2) is 8.41. The molecule has 4 nitrogen and oxygen atoms in total. The first-order chi connectivity index (χ1) is 14.5. The van der Waals surface area contributed by atoms with E-state index in [1.807, 2.05) is 41.3 Å². The van der Waals surface area contributed by atoms with Gasteiger partial charge in [-0.25, -0.2) is 0 Å². The number of benzene rings is 3. The third-order valence-electron chi connectivity index (χ3n) is 5.63. The number of amides is 1. The van der Waals surface area contributed by atoms with Crippen molar-refractivity contribution in [1.82, 2.24) is 0 Å². The van der Waals surface area contributed by atoms with Crippen molar-refractivity contribution in [3.63, 3.8) is 0 Å². The Balaban J connectivity index is 1.75. The van der Waals surface area contributed by atoms with E-state index >= 15 is 0 Å². The van der Waals surface area contributed by atoms with Crippen molar-refractivity contribution in [3.05, 3.63) is 77.3 Å². The molecule has 0 saturated carbocycles. The van der Waals surface area contributed by atoms with E-state index in [0.717, 1.165) is 40.2 Å². The smallest absolute Gasteiger partial charge is 0.224 e. The van der Waals surface area contributed by atoms with Crippen molar-refractivity contribution < 1.29 is 9.53 Å². The maximum absolute atomic E-state index is 12.4. The van der Waals surface area contributed by atoms with Crippen molar-refractivity contribution in [2.45, 2.75) is 32.4 Å². The average molecular weight is 421 g/mol. The van der Waals surface area contributed by atoms with Gasteiger partial charge in [0.05, 0.1) is 13.2 Å². The molecule has 3 aromatic rings. The van der Waals surface area contributed by atoms with Crippen molar-refractivity contribution in [2.24, 2.45) is 0 Å². The number of anilines is 2. The minimum Gasteiger partial charge on any atom is -0.497 e. The predicted molar refractivity (Wildman–Crippen MR) is 123 cm³/mol. The lowest BCUT2D eigenvalue weighted by molar-refractivity contribution is -0.117. The van der Waals surface area contributed by atoms with Crippen LogP contribution in [0.2, 0.25) is 5.02 Å². The van der Waals surface area contributed by atoms with E-state index in [9.17, 15) is 4.79 Å². The summed E-state index contributed by atoms with van der Waals surface area (Å²) < 4.78 is 5.28. The Morgan fingerprint density at radius 3 is 2.33 bits per heavy atom. The molecule has 2 atom stereocenters. The van der Waals surface area contributed by atoms with Crippen LogP contribution in [0.1, 0.15) is 31.9 Å². The number of ether oxygens (including phenoxy) is 1. The molecule has 0 fully saturated rings. The van der Waals surface area contributed by atoms with Gasteiger partial charge in [-0.05, 0) is 78.6 Å². The fourth-order valence-electron chi connectivity index (χ4n) is 4.19. The Morgan fingerprint density at radius 1 is 1.03 bits per heavy atom. The van der Waals surface area contributed by atoms with Crippen LogP contribution in [0.3, 0.4) is 0 Å². The second-order valence-electron chi connectivity index (χ2n) is 7.68. The SMILES string of the molecule is COc1ccc(-c2ccc3c(c2)[C@@H](Nc2ccc(Cl)cc2)C[C@@H](C)N3C(C)=O)cc1. The molecule has 5 heteroatoms. The number of halogens is 1. The van der Waals surface area contributed by atoms with Crippen molar-refractivity contribution in [2.75, 3.05) is 17.3 Å². The lowest BCUT2D eigenvalue weighted by Crippen LogP contribution is -2.43. The van der Waals surface area contributed by atoms with Crippen molar-refractivity contribution in [1.29, 1.82) is 0 Å². The van der Waals surface area contributed by atoms with E-state index in [0.29, 0.717) is 5.02 Å². The van der Waals surface area contributed by atoms with Gasteiger partial charge < -0.3 is 15.0 Å². The standard InChI is InChI=1S/C25H25ClN2O2/c1-16-14-24(27-21-9-7-20(26)8-10-21)23-15-19(6-13-25(23)28(16)17(2)29)18-4-11-22(30-3)12-5-18/h4-13,15-16,24,27H,14H2,1-3H3/t16-,24+/m1/s1. The van der Waals surface area contributed by atoms with E-state index < -0.39 is 0 Å². The quantitative estimate of drug-likeness (QED) is 0.537. The van der Waals surface area contributed by atoms with Crippen molar-refractivity contribution >= 4 is 28.9 Å². The van der Waals surface area contributed by atoms with Gasteiger partial charge in [-0.3, -0.25) is 4.79 Å². The van der Waals surface area contributed by atoms with Crippen LogP contribution in [0.15, 0.2) is 66.7 Å². The summed E-state index contributed by atoms with van der Waals surface area (Å²) in [7, 11) is 1.67. The summed E-state index contributed by atoms with van der Waals surface area (Å²) in [6, 6.07) is 22.3. The van der Waals surface area contributed by atoms with Crippen LogP contribution in [0, 0.1) is 0 Å². The molecule has 0 bridgehead atoms. The molecular weight excluding hydrogens is 396 g/mol. The molecule has 0 unspecified atom stereocenters. The molecule has 1 amide bonds. The Labute approximate surface area is 182 Å². The summed E-state index contributed by atoms with van der Waals surface area (Å²) in [4.78, 5) is 14.3. The van der Waals surface area contributed by atoms with Gasteiger partial charge >= 0.3 is 0 Å². The normalized spacial score (nSPS) is 17.9. The number of carbonyl (C=O) groups excluding carboxylic acids is 1. The average Bonchev–Trinajstić information content (AvgIpc) is 2.75. The number of carbonyl (C=O) groups is 1. The second-order valence-corrected chi connectivity index (χ2v) is 8.12. The highest BCUT2D eigenvalue weighted by Gasteiger charge is 2.32. The number of hydrogen-bond acceptors (Lipinski definition) is 3.